The number of hydrogen-bond acceptors (Lipinski definition) is 10. The number of carbonyl (C=O) groups is 3. The van der Waals surface area contributed by atoms with Crippen LogP contribution in [0.4, 0.5) is 11.4 Å². The normalized spacial score (nSPS) is 27.3. The van der Waals surface area contributed by atoms with E-state index < -0.39 is 81.4 Å². The molecule has 3 aliphatic carbocycles. The van der Waals surface area contributed by atoms with Crippen LogP contribution in [-0.4, -0.2) is 84.9 Å². The fraction of sp³-hybridized carbons (Fsp3) is 0.273. The number of phenolic OH excluding ortho intramolecular Hbond substituents is 1. The van der Waals surface area contributed by atoms with Crippen molar-refractivity contribution in [1.29, 1.82) is 0 Å². The first-order chi connectivity index (χ1) is 21.7. The van der Waals surface area contributed by atoms with Gasteiger partial charge in [-0.1, -0.05) is 49.4 Å². The van der Waals surface area contributed by atoms with Crippen molar-refractivity contribution in [3.05, 3.63) is 82.6 Å². The largest absolute Gasteiger partial charge is 0.508 e. The number of phenols is 1. The Hall–Kier alpha value is -4.82. The van der Waals surface area contributed by atoms with E-state index in [4.69, 9.17) is 18.0 Å². The molecule has 1 saturated carbocycles. The lowest BCUT2D eigenvalue weighted by molar-refractivity contribution is -0.169. The third-order valence-corrected chi connectivity index (χ3v) is 9.62. The van der Waals surface area contributed by atoms with E-state index in [1.54, 1.807) is 13.0 Å². The first kappa shape index (κ1) is 31.2. The Balaban J connectivity index is 1.43. The summed E-state index contributed by atoms with van der Waals surface area (Å²) in [6.45, 7) is 1.66. The van der Waals surface area contributed by atoms with Crippen molar-refractivity contribution in [2.75, 3.05) is 24.7 Å². The van der Waals surface area contributed by atoms with Gasteiger partial charge in [0, 0.05) is 22.6 Å². The fourth-order valence-corrected chi connectivity index (χ4v) is 7.55. The van der Waals surface area contributed by atoms with Crippen molar-refractivity contribution < 1.29 is 39.9 Å². The Morgan fingerprint density at radius 3 is 2.30 bits per heavy atom. The van der Waals surface area contributed by atoms with Gasteiger partial charge in [0.25, 0.3) is 5.91 Å². The van der Waals surface area contributed by atoms with Gasteiger partial charge in [-0.05, 0) is 55.3 Å². The van der Waals surface area contributed by atoms with Gasteiger partial charge in [-0.3, -0.25) is 19.3 Å². The smallest absolute Gasteiger partial charge is 0.255 e. The van der Waals surface area contributed by atoms with Gasteiger partial charge >= 0.3 is 0 Å². The van der Waals surface area contributed by atoms with Crippen LogP contribution in [0.1, 0.15) is 24.0 Å². The molecule has 6 atom stereocenters. The second-order valence-corrected chi connectivity index (χ2v) is 12.5. The lowest BCUT2D eigenvalue weighted by atomic mass is 9.54. The minimum Gasteiger partial charge on any atom is -0.508 e. The van der Waals surface area contributed by atoms with Crippen molar-refractivity contribution in [2.24, 2.45) is 17.6 Å². The molecule has 0 saturated heterocycles. The highest BCUT2D eigenvalue weighted by Crippen LogP contribution is 2.56. The molecule has 0 radical (unpaired) electrons. The molecule has 6 rings (SSSR count). The van der Waals surface area contributed by atoms with Gasteiger partial charge in [-0.2, -0.15) is 0 Å². The number of likely N-dealkylation sites (N-methyl/N-ethyl adjacent to an activating group) is 1. The standard InChI is InChI=1S/C33H32N4O8S/c1-13-15-11-12-18(36-32(46)35-17-10-6-8-14-7-4-5-9-16(14)17)25(38)20(15)26(39)21-19(13)27(40)23-24(37(2)3)28(41)22(31(34)44)30(43)33(23,45)29(21)42/h4-13,19,23-24,27,38-40,43,45H,1-3H3,(H2,34,44)(H2,35,36,46)/t13-,19+,23+,24-,27-,33-/m0/s1. The number of primary amides is 1. The Morgan fingerprint density at radius 2 is 1.63 bits per heavy atom. The molecule has 0 unspecified atom stereocenters. The number of nitrogens with zero attached hydrogens (tertiary/aromatic N) is 1. The molecule has 1 fully saturated rings. The van der Waals surface area contributed by atoms with Gasteiger partial charge in [0.05, 0.1) is 29.3 Å². The van der Waals surface area contributed by atoms with Gasteiger partial charge in [0.1, 0.15) is 22.8 Å². The highest BCUT2D eigenvalue weighted by atomic mass is 32.1. The maximum absolute atomic E-state index is 14.2. The van der Waals surface area contributed by atoms with E-state index in [2.05, 4.69) is 10.6 Å². The minimum absolute atomic E-state index is 0.0874. The fourth-order valence-electron chi connectivity index (χ4n) is 7.33. The van der Waals surface area contributed by atoms with Gasteiger partial charge in [-0.15, -0.1) is 0 Å². The number of carbonyl (C=O) groups excluding carboxylic acids is 3. The Labute approximate surface area is 268 Å². The number of fused-ring (bicyclic) bond motifs is 4. The van der Waals surface area contributed by atoms with E-state index in [9.17, 15) is 39.9 Å². The quantitative estimate of drug-likeness (QED) is 0.117. The third-order valence-electron chi connectivity index (χ3n) is 9.42. The summed E-state index contributed by atoms with van der Waals surface area (Å²) in [5.74, 6) is -9.57. The van der Waals surface area contributed by atoms with Crippen LogP contribution in [0.5, 0.6) is 5.75 Å². The molecule has 238 valence electrons. The second kappa shape index (κ2) is 10.9. The number of Topliss-reactive ketones (excluding diaryl/α,β-unsaturated/α-hetero) is 2. The molecule has 0 bridgehead atoms. The topological polar surface area (TPSA) is 206 Å². The van der Waals surface area contributed by atoms with Crippen LogP contribution in [0, 0.1) is 11.8 Å². The number of nitrogens with one attached hydrogen (secondary N) is 2. The Kier molecular flexibility index (Phi) is 7.40. The van der Waals surface area contributed by atoms with E-state index in [0.717, 1.165) is 10.8 Å². The van der Waals surface area contributed by atoms with Gasteiger partial charge in [-0.25, -0.2) is 0 Å². The second-order valence-electron chi connectivity index (χ2n) is 12.1. The van der Waals surface area contributed by atoms with Gasteiger partial charge in [0.15, 0.2) is 16.5 Å². The maximum Gasteiger partial charge on any atom is 0.255 e. The van der Waals surface area contributed by atoms with E-state index in [0.29, 0.717) is 11.3 Å². The summed E-state index contributed by atoms with van der Waals surface area (Å²) in [6.07, 6.45) is -1.67. The van der Waals surface area contributed by atoms with E-state index in [-0.39, 0.29) is 16.4 Å². The molecule has 0 aromatic heterocycles. The molecule has 0 spiro atoms. The van der Waals surface area contributed by atoms with E-state index >= 15 is 0 Å². The molecule has 3 aromatic carbocycles. The maximum atomic E-state index is 14.2. The SMILES string of the molecule is C[C@H]1c2ccc(NC(=S)Nc3cccc4ccccc34)c(O)c2C(O)=C2C(=O)[C@]3(O)C(O)=C(C(N)=O)C(=O)[C@@H](N(C)C)[C@@H]3[C@@H](O)[C@@H]21. The summed E-state index contributed by atoms with van der Waals surface area (Å²) < 4.78 is 0. The van der Waals surface area contributed by atoms with Crippen LogP contribution in [-0.2, 0) is 14.4 Å². The third kappa shape index (κ3) is 4.31. The molecule has 0 heterocycles. The number of aliphatic hydroxyl groups excluding tert-OH is 3. The predicted octanol–water partition coefficient (Wildman–Crippen LogP) is 2.46. The van der Waals surface area contributed by atoms with Crippen molar-refractivity contribution >= 4 is 62.7 Å². The summed E-state index contributed by atoms with van der Waals surface area (Å²) in [5.41, 5.74) is 1.97. The zero-order chi connectivity index (χ0) is 33.4. The monoisotopic (exact) mass is 644 g/mol. The van der Waals surface area contributed by atoms with E-state index in [1.807, 2.05) is 42.5 Å². The highest BCUT2D eigenvalue weighted by Gasteiger charge is 2.68. The van der Waals surface area contributed by atoms with Gasteiger partial charge in [0.2, 0.25) is 5.78 Å². The number of anilines is 2. The highest BCUT2D eigenvalue weighted by molar-refractivity contribution is 7.80. The summed E-state index contributed by atoms with van der Waals surface area (Å²) in [6, 6.07) is 15.1. The molecule has 3 aliphatic rings. The van der Waals surface area contributed by atoms with Crippen molar-refractivity contribution in [3.63, 3.8) is 0 Å². The predicted molar refractivity (Wildman–Crippen MR) is 174 cm³/mol. The molecule has 3 aromatic rings. The average Bonchev–Trinajstić information content (AvgIpc) is 3.00. The zero-order valence-corrected chi connectivity index (χ0v) is 25.8. The summed E-state index contributed by atoms with van der Waals surface area (Å²) in [5, 5.41) is 65.7. The number of nitrogens with two attached hydrogens (primary N) is 1. The first-order valence-electron chi connectivity index (χ1n) is 14.5. The number of aliphatic hydroxyl groups is 4. The number of hydrogen-bond donors (Lipinski definition) is 8. The zero-order valence-electron chi connectivity index (χ0n) is 25.0. The van der Waals surface area contributed by atoms with Crippen LogP contribution < -0.4 is 16.4 Å². The number of aromatic hydroxyl groups is 1. The van der Waals surface area contributed by atoms with Crippen molar-refractivity contribution in [3.8, 4) is 5.75 Å². The van der Waals surface area contributed by atoms with Crippen LogP contribution in [0.2, 0.25) is 0 Å². The van der Waals surface area contributed by atoms with Crippen LogP contribution in [0.25, 0.3) is 16.5 Å². The van der Waals surface area contributed by atoms with E-state index in [1.165, 1.54) is 25.1 Å². The average molecular weight is 645 g/mol. The Bertz CT molecular complexity index is 1930. The summed E-state index contributed by atoms with van der Waals surface area (Å²) in [4.78, 5) is 41.0. The molecule has 0 aliphatic heterocycles. The number of benzene rings is 3. The van der Waals surface area contributed by atoms with Crippen LogP contribution >= 0.6 is 12.2 Å². The van der Waals surface area contributed by atoms with Crippen LogP contribution in [0.15, 0.2) is 71.5 Å². The van der Waals surface area contributed by atoms with Crippen molar-refractivity contribution in [2.45, 2.75) is 30.6 Å². The molecule has 46 heavy (non-hydrogen) atoms. The molecule has 12 nitrogen and oxygen atoms in total. The molecular formula is C33H32N4O8S. The first-order valence-corrected chi connectivity index (χ1v) is 14.9. The molecule has 9 N–H and O–H groups in total. The number of thiocarbonyl (C=S) groups is 1. The summed E-state index contributed by atoms with van der Waals surface area (Å²) in [7, 11) is 2.91. The minimum atomic E-state index is -2.99. The lowest BCUT2D eigenvalue weighted by Crippen LogP contribution is -2.70. The molecular weight excluding hydrogens is 612 g/mol. The lowest BCUT2D eigenvalue weighted by Gasteiger charge is -2.53. The molecule has 1 amide bonds. The number of ketones is 2. The molecule has 13 heteroatoms. The van der Waals surface area contributed by atoms with Crippen molar-refractivity contribution in [1.82, 2.24) is 4.90 Å². The Morgan fingerprint density at radius 1 is 0.978 bits per heavy atom. The number of rotatable bonds is 4. The number of amides is 1. The summed E-state index contributed by atoms with van der Waals surface area (Å²) >= 11 is 5.51. The van der Waals surface area contributed by atoms with Crippen LogP contribution in [0.3, 0.4) is 0 Å². The van der Waals surface area contributed by atoms with Gasteiger partial charge < -0.3 is 41.9 Å².